The highest BCUT2D eigenvalue weighted by Gasteiger charge is 2.14. The zero-order valence-electron chi connectivity index (χ0n) is 11.2. The van der Waals surface area contributed by atoms with Gasteiger partial charge in [0.1, 0.15) is 6.26 Å². The van der Waals surface area contributed by atoms with Crippen LogP contribution in [0.1, 0.15) is 25.7 Å². The van der Waals surface area contributed by atoms with Crippen molar-refractivity contribution in [3.05, 3.63) is 56.7 Å². The van der Waals surface area contributed by atoms with Crippen LogP contribution in [0.15, 0.2) is 45.0 Å². The second kappa shape index (κ2) is 6.54. The first-order chi connectivity index (χ1) is 10.7. The summed E-state index contributed by atoms with van der Waals surface area (Å²) in [7, 11) is 0. The minimum Gasteiger partial charge on any atom is -0.431 e. The minimum atomic E-state index is -0.354. The molecule has 0 spiro atoms. The maximum atomic E-state index is 11.9. The molecule has 112 valence electrons. The number of hydrogen-bond acceptors (Lipinski definition) is 6. The van der Waals surface area contributed by atoms with Gasteiger partial charge in [0.15, 0.2) is 5.69 Å². The summed E-state index contributed by atoms with van der Waals surface area (Å²) in [6, 6.07) is 5.54. The van der Waals surface area contributed by atoms with Crippen LogP contribution in [0.3, 0.4) is 0 Å². The molecule has 3 aromatic rings. The van der Waals surface area contributed by atoms with E-state index >= 15 is 0 Å². The minimum absolute atomic E-state index is 0.00234. The summed E-state index contributed by atoms with van der Waals surface area (Å²) in [4.78, 5) is 28.8. The van der Waals surface area contributed by atoms with Crippen LogP contribution in [-0.4, -0.2) is 16.8 Å². The molecule has 0 atom stereocenters. The van der Waals surface area contributed by atoms with Crippen molar-refractivity contribution < 1.29 is 14.0 Å². The van der Waals surface area contributed by atoms with Crippen molar-refractivity contribution in [2.45, 2.75) is 6.54 Å². The maximum Gasteiger partial charge on any atom is 0.302 e. The van der Waals surface area contributed by atoms with Gasteiger partial charge < -0.3 is 9.73 Å². The van der Waals surface area contributed by atoms with Crippen molar-refractivity contribution in [3.8, 4) is 0 Å². The molecule has 0 saturated heterocycles. The van der Waals surface area contributed by atoms with E-state index in [-0.39, 0.29) is 23.5 Å². The van der Waals surface area contributed by atoms with Crippen LogP contribution in [0, 0.1) is 0 Å². The normalized spacial score (nSPS) is 10.4. The first-order valence-corrected chi connectivity index (χ1v) is 8.14. The summed E-state index contributed by atoms with van der Waals surface area (Å²) in [6.07, 6.45) is 1.22. The molecule has 0 unspecified atom stereocenters. The lowest BCUT2D eigenvalue weighted by Gasteiger charge is -1.99. The van der Waals surface area contributed by atoms with Crippen LogP contribution in [0.4, 0.5) is 6.01 Å². The number of thiophene rings is 2. The fourth-order valence-electron chi connectivity index (χ4n) is 1.67. The van der Waals surface area contributed by atoms with Crippen LogP contribution in [0.5, 0.6) is 0 Å². The highest BCUT2D eigenvalue weighted by Crippen LogP contribution is 2.12. The van der Waals surface area contributed by atoms with Gasteiger partial charge in [-0.3, -0.25) is 14.9 Å². The fourth-order valence-corrected chi connectivity index (χ4v) is 2.95. The third-order valence-electron chi connectivity index (χ3n) is 2.74. The van der Waals surface area contributed by atoms with Crippen molar-refractivity contribution >= 4 is 40.5 Å². The molecule has 22 heavy (non-hydrogen) atoms. The molecule has 3 heterocycles. The molecule has 2 amide bonds. The van der Waals surface area contributed by atoms with E-state index in [0.29, 0.717) is 12.1 Å². The Labute approximate surface area is 133 Å². The summed E-state index contributed by atoms with van der Waals surface area (Å²) in [6.45, 7) is 0.431. The molecule has 2 N–H and O–H groups in total. The standard InChI is InChI=1S/C14H11N3O3S2/c18-12(9-3-5-21-8-9)17-14-16-11(7-20-14)13(19)15-6-10-2-1-4-22-10/h1-5,7-8H,6H2,(H,15,19)(H,16,17,18). The number of carbonyl (C=O) groups is 2. The number of anilines is 1. The smallest absolute Gasteiger partial charge is 0.302 e. The van der Waals surface area contributed by atoms with Gasteiger partial charge in [0.05, 0.1) is 12.1 Å². The fraction of sp³-hybridized carbons (Fsp3) is 0.0714. The van der Waals surface area contributed by atoms with Gasteiger partial charge in [-0.15, -0.1) is 11.3 Å². The Hall–Kier alpha value is -2.45. The SMILES string of the molecule is O=C(Nc1nc(C(=O)NCc2cccs2)co1)c1ccsc1. The van der Waals surface area contributed by atoms with Gasteiger partial charge in [-0.05, 0) is 22.9 Å². The number of nitrogens with one attached hydrogen (secondary N) is 2. The molecule has 0 aliphatic heterocycles. The largest absolute Gasteiger partial charge is 0.431 e. The van der Waals surface area contributed by atoms with E-state index in [1.165, 1.54) is 17.6 Å². The number of nitrogens with zero attached hydrogens (tertiary/aromatic N) is 1. The van der Waals surface area contributed by atoms with Gasteiger partial charge in [-0.2, -0.15) is 16.3 Å². The van der Waals surface area contributed by atoms with Gasteiger partial charge in [0.2, 0.25) is 0 Å². The van der Waals surface area contributed by atoms with Gasteiger partial charge in [0, 0.05) is 10.3 Å². The first kappa shape index (κ1) is 14.5. The van der Waals surface area contributed by atoms with E-state index in [9.17, 15) is 9.59 Å². The molecule has 6 nitrogen and oxygen atoms in total. The molecule has 0 aliphatic carbocycles. The average Bonchev–Trinajstić information content (AvgIpc) is 3.25. The Kier molecular flexibility index (Phi) is 4.31. The summed E-state index contributed by atoms with van der Waals surface area (Å²) >= 11 is 2.98. The van der Waals surface area contributed by atoms with Crippen LogP contribution in [0.2, 0.25) is 0 Å². The van der Waals surface area contributed by atoms with E-state index in [4.69, 9.17) is 4.42 Å². The second-order valence-electron chi connectivity index (χ2n) is 4.27. The monoisotopic (exact) mass is 333 g/mol. The predicted octanol–water partition coefficient (Wildman–Crippen LogP) is 2.98. The highest BCUT2D eigenvalue weighted by molar-refractivity contribution is 7.09. The summed E-state index contributed by atoms with van der Waals surface area (Å²) in [5, 5.41) is 10.7. The average molecular weight is 333 g/mol. The number of hydrogen-bond donors (Lipinski definition) is 2. The Morgan fingerprint density at radius 3 is 2.86 bits per heavy atom. The van der Waals surface area contributed by atoms with Gasteiger partial charge in [0.25, 0.3) is 11.8 Å². The van der Waals surface area contributed by atoms with Gasteiger partial charge >= 0.3 is 6.01 Å². The Morgan fingerprint density at radius 2 is 2.14 bits per heavy atom. The van der Waals surface area contributed by atoms with Crippen molar-refractivity contribution in [2.24, 2.45) is 0 Å². The molecule has 3 aromatic heterocycles. The molecule has 3 rings (SSSR count). The van der Waals surface area contributed by atoms with Crippen LogP contribution in [0.25, 0.3) is 0 Å². The zero-order valence-corrected chi connectivity index (χ0v) is 12.9. The first-order valence-electron chi connectivity index (χ1n) is 6.32. The van der Waals surface area contributed by atoms with E-state index in [2.05, 4.69) is 15.6 Å². The van der Waals surface area contributed by atoms with Crippen molar-refractivity contribution in [2.75, 3.05) is 5.32 Å². The lowest BCUT2D eigenvalue weighted by molar-refractivity contribution is 0.0945. The van der Waals surface area contributed by atoms with Gasteiger partial charge in [-0.25, -0.2) is 0 Å². The molecule has 0 fully saturated rings. The maximum absolute atomic E-state index is 11.9. The molecule has 0 radical (unpaired) electrons. The van der Waals surface area contributed by atoms with Crippen LogP contribution < -0.4 is 10.6 Å². The van der Waals surface area contributed by atoms with Gasteiger partial charge in [-0.1, -0.05) is 6.07 Å². The molecular formula is C14H11N3O3S2. The van der Waals surface area contributed by atoms with Crippen molar-refractivity contribution in [1.82, 2.24) is 10.3 Å². The summed E-state index contributed by atoms with van der Waals surface area (Å²) < 4.78 is 5.09. The van der Waals surface area contributed by atoms with Crippen LogP contribution in [-0.2, 0) is 6.54 Å². The number of carbonyl (C=O) groups excluding carboxylic acids is 2. The zero-order chi connectivity index (χ0) is 15.4. The number of oxazole rings is 1. The van der Waals surface area contributed by atoms with E-state index in [0.717, 1.165) is 4.88 Å². The molecule has 8 heteroatoms. The molecule has 0 aromatic carbocycles. The lowest BCUT2D eigenvalue weighted by atomic mass is 10.3. The summed E-state index contributed by atoms with van der Waals surface area (Å²) in [5.41, 5.74) is 0.643. The van der Waals surface area contributed by atoms with E-state index < -0.39 is 0 Å². The van der Waals surface area contributed by atoms with Crippen molar-refractivity contribution in [1.29, 1.82) is 0 Å². The number of rotatable bonds is 5. The molecular weight excluding hydrogens is 322 g/mol. The molecule has 0 bridgehead atoms. The highest BCUT2D eigenvalue weighted by atomic mass is 32.1. The third kappa shape index (κ3) is 3.41. The van der Waals surface area contributed by atoms with E-state index in [1.807, 2.05) is 17.5 Å². The molecule has 0 saturated carbocycles. The topological polar surface area (TPSA) is 84.2 Å². The number of aromatic nitrogens is 1. The quantitative estimate of drug-likeness (QED) is 0.752. The number of amides is 2. The van der Waals surface area contributed by atoms with Crippen molar-refractivity contribution in [3.63, 3.8) is 0 Å². The Morgan fingerprint density at radius 1 is 1.23 bits per heavy atom. The summed E-state index contributed by atoms with van der Waals surface area (Å²) in [5.74, 6) is -0.679. The predicted molar refractivity (Wildman–Crippen MR) is 84.3 cm³/mol. The Bertz CT molecular complexity index is 763. The van der Waals surface area contributed by atoms with Crippen LogP contribution >= 0.6 is 22.7 Å². The lowest BCUT2D eigenvalue weighted by Crippen LogP contribution is -2.22. The Balaban J connectivity index is 1.58. The third-order valence-corrected chi connectivity index (χ3v) is 4.30. The van der Waals surface area contributed by atoms with E-state index in [1.54, 1.807) is 28.2 Å². The molecule has 0 aliphatic rings. The second-order valence-corrected chi connectivity index (χ2v) is 6.08.